The van der Waals surface area contributed by atoms with E-state index in [4.69, 9.17) is 10.5 Å². The van der Waals surface area contributed by atoms with E-state index in [0.717, 1.165) is 11.1 Å². The molecule has 1 rings (SSSR count). The Balaban J connectivity index is 2.90. The Morgan fingerprint density at radius 3 is 2.45 bits per heavy atom. The number of nitrogens with one attached hydrogen (secondary N) is 1. The van der Waals surface area contributed by atoms with Gasteiger partial charge in [-0.05, 0) is 51.0 Å². The molecule has 0 amide bonds. The molecule has 0 saturated heterocycles. The maximum Gasteiger partial charge on any atom is 0.272 e. The first-order chi connectivity index (χ1) is 10.1. The van der Waals surface area contributed by atoms with E-state index >= 15 is 0 Å². The fourth-order valence-corrected chi connectivity index (χ4v) is 2.51. The SMILES string of the molecule is C[C@@H](N[S+]([O-])C(C)(C)C)c1cc(CN)cc(OCC(F)F)c1. The van der Waals surface area contributed by atoms with Crippen LogP contribution in [0.1, 0.15) is 44.9 Å². The zero-order valence-electron chi connectivity index (χ0n) is 13.4. The number of hydrogen-bond donors (Lipinski definition) is 2. The summed E-state index contributed by atoms with van der Waals surface area (Å²) in [6.07, 6.45) is -2.53. The van der Waals surface area contributed by atoms with Crippen LogP contribution in [-0.2, 0) is 17.9 Å². The highest BCUT2D eigenvalue weighted by molar-refractivity contribution is 7.90. The first kappa shape index (κ1) is 19.2. The van der Waals surface area contributed by atoms with Crippen LogP contribution in [0, 0.1) is 0 Å². The molecule has 0 radical (unpaired) electrons. The molecule has 4 nitrogen and oxygen atoms in total. The van der Waals surface area contributed by atoms with Crippen molar-refractivity contribution >= 4 is 11.4 Å². The molecule has 7 heteroatoms. The van der Waals surface area contributed by atoms with Crippen LogP contribution in [0.2, 0.25) is 0 Å². The van der Waals surface area contributed by atoms with E-state index < -0.39 is 29.1 Å². The Morgan fingerprint density at radius 2 is 1.95 bits per heavy atom. The van der Waals surface area contributed by atoms with Gasteiger partial charge in [0.15, 0.2) is 0 Å². The minimum absolute atomic E-state index is 0.222. The van der Waals surface area contributed by atoms with Crippen LogP contribution in [0.5, 0.6) is 5.75 Å². The topological polar surface area (TPSA) is 70.3 Å². The summed E-state index contributed by atoms with van der Waals surface area (Å²) in [5.74, 6) is 0.341. The summed E-state index contributed by atoms with van der Waals surface area (Å²) in [4.78, 5) is 0. The maximum absolute atomic E-state index is 12.3. The number of halogens is 2. The Labute approximate surface area is 133 Å². The molecule has 126 valence electrons. The van der Waals surface area contributed by atoms with Crippen molar-refractivity contribution in [2.75, 3.05) is 6.61 Å². The Kier molecular flexibility index (Phi) is 7.05. The molecule has 1 unspecified atom stereocenters. The lowest BCUT2D eigenvalue weighted by atomic mass is 10.1. The summed E-state index contributed by atoms with van der Waals surface area (Å²) < 4.78 is 44.4. The molecule has 0 spiro atoms. The summed E-state index contributed by atoms with van der Waals surface area (Å²) in [5.41, 5.74) is 7.20. The van der Waals surface area contributed by atoms with Gasteiger partial charge in [0.05, 0.1) is 6.04 Å². The molecule has 1 aromatic rings. The predicted octanol–water partition coefficient (Wildman–Crippen LogP) is 2.90. The smallest absolute Gasteiger partial charge is 0.272 e. The highest BCUT2D eigenvalue weighted by Crippen LogP contribution is 2.25. The van der Waals surface area contributed by atoms with E-state index in [2.05, 4.69) is 4.72 Å². The molecule has 1 aromatic carbocycles. The van der Waals surface area contributed by atoms with Gasteiger partial charge in [-0.25, -0.2) is 8.78 Å². The van der Waals surface area contributed by atoms with Gasteiger partial charge in [0.1, 0.15) is 17.1 Å². The second kappa shape index (κ2) is 8.10. The van der Waals surface area contributed by atoms with Gasteiger partial charge in [0.25, 0.3) is 6.43 Å². The molecule has 3 N–H and O–H groups in total. The molecule has 0 aliphatic rings. The summed E-state index contributed by atoms with van der Waals surface area (Å²) >= 11 is -1.24. The molecular weight excluding hydrogens is 310 g/mol. The summed E-state index contributed by atoms with van der Waals surface area (Å²) in [7, 11) is 0. The summed E-state index contributed by atoms with van der Waals surface area (Å²) in [5, 5.41) is 0. The number of rotatable bonds is 7. The van der Waals surface area contributed by atoms with Gasteiger partial charge in [0, 0.05) is 17.9 Å². The summed E-state index contributed by atoms with van der Waals surface area (Å²) in [6.45, 7) is 7.08. The molecule has 0 heterocycles. The van der Waals surface area contributed by atoms with Crippen LogP contribution in [-0.4, -0.2) is 22.3 Å². The van der Waals surface area contributed by atoms with Gasteiger partial charge in [0.2, 0.25) is 0 Å². The van der Waals surface area contributed by atoms with Crippen molar-refractivity contribution in [3.05, 3.63) is 29.3 Å². The first-order valence-electron chi connectivity index (χ1n) is 7.06. The number of benzene rings is 1. The highest BCUT2D eigenvalue weighted by Gasteiger charge is 2.28. The number of nitrogens with two attached hydrogens (primary N) is 1. The van der Waals surface area contributed by atoms with Crippen molar-refractivity contribution in [3.63, 3.8) is 0 Å². The standard InChI is InChI=1S/C15H24F2N2O2S/c1-10(19-22(20)15(2,3)4)12-5-11(8-18)6-13(7-12)21-9-14(16)17/h5-7,10,14,19H,8-9,18H2,1-4H3/t10-,22?/m1/s1. The maximum atomic E-state index is 12.3. The molecule has 0 aliphatic heterocycles. The first-order valence-corrected chi connectivity index (χ1v) is 8.21. The van der Waals surface area contributed by atoms with Crippen molar-refractivity contribution in [2.45, 2.75) is 51.5 Å². The molecule has 0 fully saturated rings. The molecule has 2 atom stereocenters. The second-order valence-electron chi connectivity index (χ2n) is 6.04. The van der Waals surface area contributed by atoms with E-state index in [1.807, 2.05) is 33.8 Å². The monoisotopic (exact) mass is 334 g/mol. The molecule has 22 heavy (non-hydrogen) atoms. The summed E-state index contributed by atoms with van der Waals surface area (Å²) in [6, 6.07) is 4.94. The minimum Gasteiger partial charge on any atom is -0.598 e. The van der Waals surface area contributed by atoms with Crippen molar-refractivity contribution in [3.8, 4) is 5.75 Å². The van der Waals surface area contributed by atoms with Gasteiger partial charge in [-0.3, -0.25) is 0 Å². The fourth-order valence-electron chi connectivity index (χ4n) is 1.70. The van der Waals surface area contributed by atoms with Crippen molar-refractivity contribution < 1.29 is 18.1 Å². The molecular formula is C15H24F2N2O2S. The third kappa shape index (κ3) is 6.08. The fraction of sp³-hybridized carbons (Fsp3) is 0.600. The van der Waals surface area contributed by atoms with Gasteiger partial charge < -0.3 is 15.0 Å². The van der Waals surface area contributed by atoms with E-state index in [9.17, 15) is 13.3 Å². The minimum atomic E-state index is -2.53. The average Bonchev–Trinajstić information content (AvgIpc) is 2.43. The van der Waals surface area contributed by atoms with Crippen LogP contribution in [0.4, 0.5) is 8.78 Å². The number of hydrogen-bond acceptors (Lipinski definition) is 4. The number of ether oxygens (including phenoxy) is 1. The Morgan fingerprint density at radius 1 is 1.32 bits per heavy atom. The van der Waals surface area contributed by atoms with E-state index in [-0.39, 0.29) is 12.6 Å². The van der Waals surface area contributed by atoms with E-state index in [0.29, 0.717) is 5.75 Å². The number of alkyl halides is 2. The zero-order chi connectivity index (χ0) is 16.9. The Hall–Kier alpha value is -0.890. The lowest BCUT2D eigenvalue weighted by molar-refractivity contribution is 0.0818. The van der Waals surface area contributed by atoms with E-state index in [1.54, 1.807) is 12.1 Å². The van der Waals surface area contributed by atoms with Crippen molar-refractivity contribution in [1.29, 1.82) is 0 Å². The largest absolute Gasteiger partial charge is 0.598 e. The van der Waals surface area contributed by atoms with Crippen LogP contribution in [0.3, 0.4) is 0 Å². The second-order valence-corrected chi connectivity index (χ2v) is 8.04. The van der Waals surface area contributed by atoms with E-state index in [1.165, 1.54) is 0 Å². The van der Waals surface area contributed by atoms with Crippen LogP contribution in [0.15, 0.2) is 18.2 Å². The van der Waals surface area contributed by atoms with Crippen molar-refractivity contribution in [2.24, 2.45) is 5.73 Å². The van der Waals surface area contributed by atoms with Gasteiger partial charge in [-0.15, -0.1) is 4.72 Å². The van der Waals surface area contributed by atoms with Gasteiger partial charge in [-0.2, -0.15) is 0 Å². The third-order valence-corrected chi connectivity index (χ3v) is 4.62. The average molecular weight is 334 g/mol. The van der Waals surface area contributed by atoms with Gasteiger partial charge >= 0.3 is 0 Å². The quantitative estimate of drug-likeness (QED) is 0.752. The van der Waals surface area contributed by atoms with Crippen molar-refractivity contribution in [1.82, 2.24) is 4.72 Å². The third-order valence-electron chi connectivity index (χ3n) is 2.94. The lowest BCUT2D eigenvalue weighted by Crippen LogP contribution is -2.40. The van der Waals surface area contributed by atoms with Crippen LogP contribution >= 0.6 is 0 Å². The van der Waals surface area contributed by atoms with Crippen LogP contribution in [0.25, 0.3) is 0 Å². The predicted molar refractivity (Wildman–Crippen MR) is 85.3 cm³/mol. The normalized spacial score (nSPS) is 15.0. The van der Waals surface area contributed by atoms with Crippen LogP contribution < -0.4 is 15.2 Å². The Bertz CT molecular complexity index is 481. The molecule has 0 bridgehead atoms. The molecule has 0 aliphatic carbocycles. The highest BCUT2D eigenvalue weighted by atomic mass is 32.2. The zero-order valence-corrected chi connectivity index (χ0v) is 14.2. The molecule has 0 saturated carbocycles. The lowest BCUT2D eigenvalue weighted by Gasteiger charge is -2.27. The molecule has 0 aromatic heterocycles. The van der Waals surface area contributed by atoms with Gasteiger partial charge in [-0.1, -0.05) is 6.07 Å².